The molecule has 0 aliphatic carbocycles. The maximum atomic E-state index is 5.60. The summed E-state index contributed by atoms with van der Waals surface area (Å²) in [4.78, 5) is 7.03. The molecule has 0 amide bonds. The quantitative estimate of drug-likeness (QED) is 0.513. The van der Waals surface area contributed by atoms with E-state index in [9.17, 15) is 0 Å². The van der Waals surface area contributed by atoms with Crippen LogP contribution in [0.4, 0.5) is 0 Å². The predicted molar refractivity (Wildman–Crippen MR) is 124 cm³/mol. The molecule has 162 valence electrons. The molecule has 2 unspecified atom stereocenters. The molecule has 0 saturated carbocycles. The molecule has 5 nitrogen and oxygen atoms in total. The number of likely N-dealkylation sites (tertiary alicyclic amines) is 1. The van der Waals surface area contributed by atoms with Crippen LogP contribution in [0.25, 0.3) is 0 Å². The second-order valence-corrected chi connectivity index (χ2v) is 8.00. The lowest BCUT2D eigenvalue weighted by Gasteiger charge is -2.38. The molecule has 0 aromatic heterocycles. The van der Waals surface area contributed by atoms with Crippen LogP contribution in [0, 0.1) is 0 Å². The molecule has 1 heterocycles. The van der Waals surface area contributed by atoms with E-state index < -0.39 is 0 Å². The van der Waals surface area contributed by atoms with E-state index in [1.54, 1.807) is 0 Å². The van der Waals surface area contributed by atoms with Gasteiger partial charge in [0.25, 0.3) is 0 Å². The molecule has 2 aromatic rings. The summed E-state index contributed by atoms with van der Waals surface area (Å²) in [6.45, 7) is 8.60. The highest BCUT2D eigenvalue weighted by molar-refractivity contribution is 5.80. The number of nitrogens with zero attached hydrogens (tertiary/aromatic N) is 2. The Kier molecular flexibility index (Phi) is 8.72. The van der Waals surface area contributed by atoms with Gasteiger partial charge in [-0.15, -0.1) is 0 Å². The highest BCUT2D eigenvalue weighted by atomic mass is 16.5. The fourth-order valence-corrected chi connectivity index (χ4v) is 4.05. The zero-order valence-corrected chi connectivity index (χ0v) is 18.6. The van der Waals surface area contributed by atoms with E-state index in [4.69, 9.17) is 4.74 Å². The van der Waals surface area contributed by atoms with Crippen LogP contribution in [-0.4, -0.2) is 43.1 Å². The van der Waals surface area contributed by atoms with E-state index in [0.29, 0.717) is 18.7 Å². The maximum Gasteiger partial charge on any atom is 0.191 e. The van der Waals surface area contributed by atoms with Crippen LogP contribution in [0.1, 0.15) is 43.4 Å². The van der Waals surface area contributed by atoms with E-state index in [2.05, 4.69) is 82.0 Å². The second-order valence-electron chi connectivity index (χ2n) is 8.00. The first-order valence-electron chi connectivity index (χ1n) is 11.1. The van der Waals surface area contributed by atoms with Crippen molar-refractivity contribution in [3.8, 4) is 0 Å². The molecular weight excluding hydrogens is 372 g/mol. The molecule has 0 bridgehead atoms. The summed E-state index contributed by atoms with van der Waals surface area (Å²) in [5.74, 6) is 0.870. The van der Waals surface area contributed by atoms with Crippen LogP contribution in [0.3, 0.4) is 0 Å². The molecule has 1 fully saturated rings. The van der Waals surface area contributed by atoms with E-state index in [1.807, 2.05) is 14.0 Å². The van der Waals surface area contributed by atoms with E-state index in [1.165, 1.54) is 16.7 Å². The summed E-state index contributed by atoms with van der Waals surface area (Å²) < 4.78 is 5.60. The predicted octanol–water partition coefficient (Wildman–Crippen LogP) is 3.94. The number of aliphatic imine (C=N–C) groups is 1. The first kappa shape index (κ1) is 22.3. The van der Waals surface area contributed by atoms with Crippen LogP contribution in [0.2, 0.25) is 0 Å². The van der Waals surface area contributed by atoms with Gasteiger partial charge in [0.1, 0.15) is 0 Å². The molecule has 0 spiro atoms. The van der Waals surface area contributed by atoms with Gasteiger partial charge in [0, 0.05) is 45.4 Å². The van der Waals surface area contributed by atoms with Gasteiger partial charge in [0.15, 0.2) is 5.96 Å². The summed E-state index contributed by atoms with van der Waals surface area (Å²) in [5.41, 5.74) is 3.86. The Morgan fingerprint density at radius 1 is 1.10 bits per heavy atom. The minimum Gasteiger partial charge on any atom is -0.377 e. The van der Waals surface area contributed by atoms with E-state index in [-0.39, 0.29) is 0 Å². The summed E-state index contributed by atoms with van der Waals surface area (Å²) in [6.07, 6.45) is 2.24. The van der Waals surface area contributed by atoms with Gasteiger partial charge in [-0.2, -0.15) is 0 Å². The third-order valence-electron chi connectivity index (χ3n) is 5.83. The van der Waals surface area contributed by atoms with Crippen molar-refractivity contribution in [1.29, 1.82) is 0 Å². The van der Waals surface area contributed by atoms with Gasteiger partial charge in [-0.1, -0.05) is 54.6 Å². The van der Waals surface area contributed by atoms with Crippen LogP contribution < -0.4 is 10.6 Å². The number of ether oxygens (including phenoxy) is 1. The van der Waals surface area contributed by atoms with E-state index >= 15 is 0 Å². The van der Waals surface area contributed by atoms with Gasteiger partial charge in [0.2, 0.25) is 0 Å². The zero-order valence-electron chi connectivity index (χ0n) is 18.6. The van der Waals surface area contributed by atoms with E-state index in [0.717, 1.165) is 45.0 Å². The lowest BCUT2D eigenvalue weighted by molar-refractivity contribution is 0.133. The zero-order chi connectivity index (χ0) is 21.2. The van der Waals surface area contributed by atoms with Crippen LogP contribution >= 0.6 is 0 Å². The second kappa shape index (κ2) is 11.7. The molecule has 1 aliphatic heterocycles. The topological polar surface area (TPSA) is 48.9 Å². The van der Waals surface area contributed by atoms with Crippen molar-refractivity contribution < 1.29 is 4.74 Å². The first-order chi connectivity index (χ1) is 14.7. The van der Waals surface area contributed by atoms with Crippen molar-refractivity contribution in [3.63, 3.8) is 0 Å². The highest BCUT2D eigenvalue weighted by Crippen LogP contribution is 2.20. The minimum atomic E-state index is 0.442. The Labute approximate surface area is 181 Å². The van der Waals surface area contributed by atoms with Gasteiger partial charge in [-0.25, -0.2) is 0 Å². The van der Waals surface area contributed by atoms with Gasteiger partial charge in [-0.05, 0) is 43.4 Å². The first-order valence-corrected chi connectivity index (χ1v) is 11.1. The molecule has 0 radical (unpaired) electrons. The lowest BCUT2D eigenvalue weighted by atomic mass is 9.97. The fourth-order valence-electron chi connectivity index (χ4n) is 4.05. The van der Waals surface area contributed by atoms with Gasteiger partial charge in [-0.3, -0.25) is 9.89 Å². The van der Waals surface area contributed by atoms with Gasteiger partial charge >= 0.3 is 0 Å². The Bertz CT molecular complexity index is 793. The molecule has 2 atom stereocenters. The summed E-state index contributed by atoms with van der Waals surface area (Å²) in [7, 11) is 1.84. The van der Waals surface area contributed by atoms with Crippen molar-refractivity contribution in [2.75, 3.05) is 20.2 Å². The Hall–Kier alpha value is -2.37. The molecule has 2 N–H and O–H groups in total. The number of guanidine groups is 1. The molecule has 5 heteroatoms. The van der Waals surface area contributed by atoms with Crippen molar-refractivity contribution in [3.05, 3.63) is 71.3 Å². The number of piperidine rings is 1. The highest BCUT2D eigenvalue weighted by Gasteiger charge is 2.26. The SMILES string of the molecule is CCOCc1ccccc1CNC(=NC)NC1CCN(Cc2ccccc2)C(C)C1. The Morgan fingerprint density at radius 2 is 1.83 bits per heavy atom. The number of nitrogens with one attached hydrogen (secondary N) is 2. The summed E-state index contributed by atoms with van der Waals surface area (Å²) in [6, 6.07) is 20.2. The maximum absolute atomic E-state index is 5.60. The molecule has 1 saturated heterocycles. The number of benzene rings is 2. The summed E-state index contributed by atoms with van der Waals surface area (Å²) >= 11 is 0. The average Bonchev–Trinajstić information content (AvgIpc) is 2.78. The number of hydrogen-bond acceptors (Lipinski definition) is 3. The van der Waals surface area contributed by atoms with Gasteiger partial charge in [0.05, 0.1) is 6.61 Å². The van der Waals surface area contributed by atoms with Crippen LogP contribution in [0.5, 0.6) is 0 Å². The minimum absolute atomic E-state index is 0.442. The Morgan fingerprint density at radius 3 is 2.53 bits per heavy atom. The van der Waals surface area contributed by atoms with Crippen LogP contribution in [0.15, 0.2) is 59.6 Å². The average molecular weight is 409 g/mol. The Balaban J connectivity index is 1.49. The van der Waals surface area contributed by atoms with Crippen molar-refractivity contribution >= 4 is 5.96 Å². The third kappa shape index (κ3) is 6.57. The normalized spacial score (nSPS) is 20.2. The standard InChI is InChI=1S/C25H36N4O/c1-4-30-19-23-13-9-8-12-22(23)17-27-25(26-3)28-24-14-15-29(20(2)16-24)18-21-10-6-5-7-11-21/h5-13,20,24H,4,14-19H2,1-3H3,(H2,26,27,28). The molecule has 1 aliphatic rings. The monoisotopic (exact) mass is 408 g/mol. The smallest absolute Gasteiger partial charge is 0.191 e. The molecule has 2 aromatic carbocycles. The number of rotatable bonds is 8. The largest absolute Gasteiger partial charge is 0.377 e. The van der Waals surface area contributed by atoms with Crippen molar-refractivity contribution in [2.24, 2.45) is 4.99 Å². The van der Waals surface area contributed by atoms with Crippen molar-refractivity contribution in [1.82, 2.24) is 15.5 Å². The third-order valence-corrected chi connectivity index (χ3v) is 5.83. The van der Waals surface area contributed by atoms with Gasteiger partial charge < -0.3 is 15.4 Å². The molecule has 30 heavy (non-hydrogen) atoms. The summed E-state index contributed by atoms with van der Waals surface area (Å²) in [5, 5.41) is 7.12. The fraction of sp³-hybridized carbons (Fsp3) is 0.480. The molecular formula is C25H36N4O. The number of hydrogen-bond donors (Lipinski definition) is 2. The van der Waals surface area contributed by atoms with Crippen LogP contribution in [-0.2, 0) is 24.4 Å². The van der Waals surface area contributed by atoms with Crippen molar-refractivity contribution in [2.45, 2.75) is 58.5 Å². The lowest BCUT2D eigenvalue weighted by Crippen LogP contribution is -2.51. The molecule has 3 rings (SSSR count).